The molecule has 0 fully saturated rings. The largest absolute Gasteiger partial charge is 0.494 e. The molecule has 2 aromatic rings. The van der Waals surface area contributed by atoms with Crippen molar-refractivity contribution in [2.24, 2.45) is 5.73 Å². The molecule has 130 valence electrons. The van der Waals surface area contributed by atoms with Crippen LogP contribution in [0.25, 0.3) is 0 Å². The van der Waals surface area contributed by atoms with E-state index in [1.54, 1.807) is 12.3 Å². The van der Waals surface area contributed by atoms with Crippen molar-refractivity contribution in [3.63, 3.8) is 0 Å². The van der Waals surface area contributed by atoms with Gasteiger partial charge in [-0.05, 0) is 42.7 Å². The zero-order valence-corrected chi connectivity index (χ0v) is 13.9. The molecule has 5 N–H and O–H groups in total. The first-order valence-electron chi connectivity index (χ1n) is 7.89. The van der Waals surface area contributed by atoms with E-state index >= 15 is 0 Å². The number of carbonyl (C=O) groups is 1. The van der Waals surface area contributed by atoms with Gasteiger partial charge in [-0.25, -0.2) is 4.98 Å². The van der Waals surface area contributed by atoms with Crippen molar-refractivity contribution in [1.82, 2.24) is 4.98 Å². The molecule has 6 heteroatoms. The Hall–Kier alpha value is -2.60. The number of aliphatic carboxylic acids is 1. The molecular weight excluding hydrogens is 306 g/mol. The first kappa shape index (κ1) is 19.4. The predicted octanol–water partition coefficient (Wildman–Crippen LogP) is 2.48. The normalized spacial score (nSPS) is 11.1. The van der Waals surface area contributed by atoms with E-state index in [1.807, 2.05) is 36.4 Å². The Kier molecular flexibility index (Phi) is 8.93. The van der Waals surface area contributed by atoms with Crippen LogP contribution in [0.2, 0.25) is 0 Å². The number of benzene rings is 1. The van der Waals surface area contributed by atoms with E-state index in [-0.39, 0.29) is 0 Å². The molecule has 0 aliphatic rings. The molecule has 24 heavy (non-hydrogen) atoms. The van der Waals surface area contributed by atoms with Gasteiger partial charge in [-0.1, -0.05) is 31.5 Å². The zero-order chi connectivity index (χ0) is 17.8. The zero-order valence-electron chi connectivity index (χ0n) is 13.9. The smallest absolute Gasteiger partial charge is 0.320 e. The Bertz CT molecular complexity index is 588. The number of nitrogens with zero attached hydrogens (tertiary/aromatic N) is 1. The lowest BCUT2D eigenvalue weighted by atomic mass is 10.1. The average Bonchev–Trinajstić information content (AvgIpc) is 2.58. The second-order valence-corrected chi connectivity index (χ2v) is 5.25. The number of unbranched alkanes of at least 4 members (excludes halogenated alkanes) is 1. The van der Waals surface area contributed by atoms with Crippen molar-refractivity contribution in [3.05, 3.63) is 54.2 Å². The highest BCUT2D eigenvalue weighted by Crippen LogP contribution is 2.13. The van der Waals surface area contributed by atoms with Crippen LogP contribution >= 0.6 is 0 Å². The first-order valence-corrected chi connectivity index (χ1v) is 7.89. The second-order valence-electron chi connectivity index (χ2n) is 5.25. The van der Waals surface area contributed by atoms with E-state index in [0.29, 0.717) is 18.8 Å². The molecular formula is C18H25N3O3. The number of anilines is 1. The van der Waals surface area contributed by atoms with Gasteiger partial charge in [-0.2, -0.15) is 0 Å². The van der Waals surface area contributed by atoms with E-state index in [1.165, 1.54) is 0 Å². The van der Waals surface area contributed by atoms with Crippen LogP contribution in [0, 0.1) is 0 Å². The number of aromatic nitrogens is 1. The quantitative estimate of drug-likeness (QED) is 0.672. The molecule has 0 radical (unpaired) electrons. The molecule has 0 spiro atoms. The summed E-state index contributed by atoms with van der Waals surface area (Å²) in [5.41, 5.74) is 11.6. The van der Waals surface area contributed by atoms with Gasteiger partial charge >= 0.3 is 5.97 Å². The van der Waals surface area contributed by atoms with Gasteiger partial charge in [0.15, 0.2) is 0 Å². The van der Waals surface area contributed by atoms with Gasteiger partial charge in [0.2, 0.25) is 0 Å². The number of pyridine rings is 1. The van der Waals surface area contributed by atoms with E-state index in [9.17, 15) is 4.79 Å². The lowest BCUT2D eigenvalue weighted by Gasteiger charge is -2.08. The molecule has 1 aromatic heterocycles. The topological polar surface area (TPSA) is 111 Å². The van der Waals surface area contributed by atoms with Crippen molar-refractivity contribution in [1.29, 1.82) is 0 Å². The van der Waals surface area contributed by atoms with Crippen molar-refractivity contribution in [3.8, 4) is 5.75 Å². The monoisotopic (exact) mass is 331 g/mol. The van der Waals surface area contributed by atoms with Gasteiger partial charge < -0.3 is 21.3 Å². The molecule has 0 amide bonds. The van der Waals surface area contributed by atoms with Crippen molar-refractivity contribution in [2.45, 2.75) is 32.2 Å². The predicted molar refractivity (Wildman–Crippen MR) is 94.8 cm³/mol. The van der Waals surface area contributed by atoms with Gasteiger partial charge in [0.05, 0.1) is 6.61 Å². The Morgan fingerprint density at radius 1 is 1.25 bits per heavy atom. The third-order valence-corrected chi connectivity index (χ3v) is 3.15. The Morgan fingerprint density at radius 2 is 1.96 bits per heavy atom. The molecule has 0 saturated carbocycles. The number of carboxylic acid groups (broad SMARTS) is 1. The number of carboxylic acids is 1. The number of hydrogen-bond donors (Lipinski definition) is 3. The van der Waals surface area contributed by atoms with E-state index in [4.69, 9.17) is 21.3 Å². The SMILES string of the molecule is CCCCOc1ccc(C[C@H](N)C(=O)O)cc1.Nc1ccccn1. The van der Waals surface area contributed by atoms with E-state index in [2.05, 4.69) is 11.9 Å². The number of rotatable bonds is 7. The molecule has 0 saturated heterocycles. The molecule has 1 atom stereocenters. The summed E-state index contributed by atoms with van der Waals surface area (Å²) in [5, 5.41) is 8.69. The molecule has 0 bridgehead atoms. The van der Waals surface area contributed by atoms with Crippen LogP contribution in [0.3, 0.4) is 0 Å². The maximum Gasteiger partial charge on any atom is 0.320 e. The fraction of sp³-hybridized carbons (Fsp3) is 0.333. The van der Waals surface area contributed by atoms with Crippen LogP contribution in [-0.4, -0.2) is 28.7 Å². The summed E-state index contributed by atoms with van der Waals surface area (Å²) in [7, 11) is 0. The molecule has 1 aromatic carbocycles. The van der Waals surface area contributed by atoms with Crippen LogP contribution in [0.15, 0.2) is 48.7 Å². The minimum Gasteiger partial charge on any atom is -0.494 e. The molecule has 6 nitrogen and oxygen atoms in total. The fourth-order valence-corrected chi connectivity index (χ4v) is 1.77. The first-order chi connectivity index (χ1) is 11.5. The summed E-state index contributed by atoms with van der Waals surface area (Å²) in [6.45, 7) is 2.82. The third kappa shape index (κ3) is 8.14. The second kappa shape index (κ2) is 11.0. The number of ether oxygens (including phenoxy) is 1. The van der Waals surface area contributed by atoms with E-state index in [0.717, 1.165) is 24.2 Å². The summed E-state index contributed by atoms with van der Waals surface area (Å²) < 4.78 is 5.51. The van der Waals surface area contributed by atoms with Crippen LogP contribution in [-0.2, 0) is 11.2 Å². The Morgan fingerprint density at radius 3 is 2.42 bits per heavy atom. The standard InChI is InChI=1S/C13H19NO3.C5H6N2/c1-2-3-8-17-11-6-4-10(5-7-11)9-12(14)13(15)16;6-5-3-1-2-4-7-5/h4-7,12H,2-3,8-9,14H2,1H3,(H,15,16);1-4H,(H2,6,7)/t12-;/m0./s1. The van der Waals surface area contributed by atoms with Gasteiger partial charge in [-0.15, -0.1) is 0 Å². The lowest BCUT2D eigenvalue weighted by Crippen LogP contribution is -2.32. The van der Waals surface area contributed by atoms with Gasteiger partial charge in [0.25, 0.3) is 0 Å². The van der Waals surface area contributed by atoms with Crippen molar-refractivity contribution < 1.29 is 14.6 Å². The maximum absolute atomic E-state index is 10.6. The number of nitrogen functional groups attached to an aromatic ring is 1. The summed E-state index contributed by atoms with van der Waals surface area (Å²) in [5.74, 6) is 0.405. The maximum atomic E-state index is 10.6. The lowest BCUT2D eigenvalue weighted by molar-refractivity contribution is -0.138. The van der Waals surface area contributed by atoms with Gasteiger partial charge in [0.1, 0.15) is 17.6 Å². The van der Waals surface area contributed by atoms with Gasteiger partial charge in [-0.3, -0.25) is 4.79 Å². The summed E-state index contributed by atoms with van der Waals surface area (Å²) in [6.07, 6.45) is 4.14. The van der Waals surface area contributed by atoms with Crippen LogP contribution in [0.4, 0.5) is 5.82 Å². The number of nitrogens with two attached hydrogens (primary N) is 2. The molecule has 1 heterocycles. The molecule has 2 rings (SSSR count). The Labute approximate surface area is 142 Å². The Balaban J connectivity index is 0.000000341. The summed E-state index contributed by atoms with van der Waals surface area (Å²) >= 11 is 0. The summed E-state index contributed by atoms with van der Waals surface area (Å²) in [6, 6.07) is 12.0. The number of hydrogen-bond acceptors (Lipinski definition) is 5. The highest BCUT2D eigenvalue weighted by molar-refractivity contribution is 5.73. The third-order valence-electron chi connectivity index (χ3n) is 3.15. The van der Waals surface area contributed by atoms with Crippen LogP contribution < -0.4 is 16.2 Å². The highest BCUT2D eigenvalue weighted by Gasteiger charge is 2.11. The fourth-order valence-electron chi connectivity index (χ4n) is 1.77. The van der Waals surface area contributed by atoms with Gasteiger partial charge in [0, 0.05) is 6.20 Å². The molecule has 0 unspecified atom stereocenters. The highest BCUT2D eigenvalue weighted by atomic mass is 16.5. The van der Waals surface area contributed by atoms with Crippen molar-refractivity contribution in [2.75, 3.05) is 12.3 Å². The average molecular weight is 331 g/mol. The molecule has 0 aliphatic carbocycles. The molecule has 0 aliphatic heterocycles. The van der Waals surface area contributed by atoms with Crippen molar-refractivity contribution >= 4 is 11.8 Å². The van der Waals surface area contributed by atoms with Crippen LogP contribution in [0.5, 0.6) is 5.75 Å². The summed E-state index contributed by atoms with van der Waals surface area (Å²) in [4.78, 5) is 14.4. The minimum atomic E-state index is -0.978. The van der Waals surface area contributed by atoms with Crippen LogP contribution in [0.1, 0.15) is 25.3 Å². The van der Waals surface area contributed by atoms with E-state index < -0.39 is 12.0 Å². The minimum absolute atomic E-state index is 0.338.